The van der Waals surface area contributed by atoms with Gasteiger partial charge in [-0.05, 0) is 6.42 Å². The van der Waals surface area contributed by atoms with E-state index in [0.29, 0.717) is 23.2 Å². The Morgan fingerprint density at radius 2 is 1.74 bits per heavy atom. The molecule has 98 valence electrons. The van der Waals surface area contributed by atoms with Crippen molar-refractivity contribution in [3.63, 3.8) is 0 Å². The molecule has 1 aliphatic rings. The summed E-state index contributed by atoms with van der Waals surface area (Å²) < 4.78 is 0. The van der Waals surface area contributed by atoms with Crippen molar-refractivity contribution in [3.05, 3.63) is 53.6 Å². The van der Waals surface area contributed by atoms with Gasteiger partial charge in [0.15, 0.2) is 11.6 Å². The van der Waals surface area contributed by atoms with E-state index < -0.39 is 5.41 Å². The van der Waals surface area contributed by atoms with Crippen molar-refractivity contribution in [1.82, 2.24) is 9.97 Å². The second-order valence-corrected chi connectivity index (χ2v) is 4.43. The number of halogens is 1. The number of fused-ring (bicyclic) bond motifs is 1. The predicted molar refractivity (Wildman–Crippen MR) is 72.9 cm³/mol. The Morgan fingerprint density at radius 1 is 1.16 bits per heavy atom. The van der Waals surface area contributed by atoms with E-state index in [4.69, 9.17) is 0 Å². The molecule has 1 aromatic carbocycles. The Morgan fingerprint density at radius 3 is 2.16 bits per heavy atom. The molecule has 1 aliphatic carbocycles. The van der Waals surface area contributed by atoms with Crippen molar-refractivity contribution >= 4 is 24.0 Å². The lowest BCUT2D eigenvalue weighted by Gasteiger charge is -2.22. The van der Waals surface area contributed by atoms with E-state index in [0.717, 1.165) is 0 Å². The lowest BCUT2D eigenvalue weighted by molar-refractivity contribution is 0.0785. The number of hydrogen-bond acceptors (Lipinski definition) is 3. The molecule has 19 heavy (non-hydrogen) atoms. The molecular weight excluding hydrogens is 264 g/mol. The number of aromatic nitrogens is 2. The number of aromatic amines is 1. The maximum atomic E-state index is 12.6. The lowest BCUT2D eigenvalue weighted by Crippen LogP contribution is -2.38. The number of ketones is 2. The van der Waals surface area contributed by atoms with Crippen LogP contribution in [0.5, 0.6) is 0 Å². The van der Waals surface area contributed by atoms with E-state index in [1.807, 2.05) is 6.92 Å². The summed E-state index contributed by atoms with van der Waals surface area (Å²) >= 11 is 0. The van der Waals surface area contributed by atoms with E-state index in [9.17, 15) is 9.59 Å². The molecule has 0 aliphatic heterocycles. The van der Waals surface area contributed by atoms with Gasteiger partial charge >= 0.3 is 0 Å². The number of rotatable bonds is 2. The van der Waals surface area contributed by atoms with Gasteiger partial charge in [0.05, 0.1) is 12.0 Å². The molecular formula is C14H13ClN2O2. The molecule has 3 rings (SSSR count). The quantitative estimate of drug-likeness (QED) is 0.858. The van der Waals surface area contributed by atoms with Crippen molar-refractivity contribution in [3.8, 4) is 0 Å². The average Bonchev–Trinajstić information content (AvgIpc) is 2.99. The second kappa shape index (κ2) is 4.63. The lowest BCUT2D eigenvalue weighted by atomic mass is 9.77. The molecule has 0 spiro atoms. The highest BCUT2D eigenvalue weighted by molar-refractivity contribution is 6.32. The molecule has 0 bridgehead atoms. The number of carbonyl (C=O) groups excluding carboxylic acids is 2. The van der Waals surface area contributed by atoms with E-state index >= 15 is 0 Å². The molecule has 1 heterocycles. The van der Waals surface area contributed by atoms with Gasteiger partial charge in [-0.15, -0.1) is 12.4 Å². The Balaban J connectivity index is 0.00000133. The Hall–Kier alpha value is -1.94. The standard InChI is InChI=1S/C14H12N2O2.ClH/c1-2-14(11-7-15-8-16-11)12(17)9-5-3-4-6-10(9)13(14)18;/h3-8H,2H2,1H3,(H,15,16);1H. The van der Waals surface area contributed by atoms with Gasteiger partial charge < -0.3 is 4.98 Å². The van der Waals surface area contributed by atoms with Crippen LogP contribution in [0, 0.1) is 0 Å². The third-order valence-corrected chi connectivity index (χ3v) is 3.68. The maximum Gasteiger partial charge on any atom is 0.183 e. The van der Waals surface area contributed by atoms with Crippen LogP contribution in [-0.4, -0.2) is 21.5 Å². The normalized spacial score (nSPS) is 16.1. The first kappa shape index (κ1) is 13.5. The highest BCUT2D eigenvalue weighted by Gasteiger charge is 2.53. The molecule has 0 unspecified atom stereocenters. The van der Waals surface area contributed by atoms with Crippen molar-refractivity contribution < 1.29 is 9.59 Å². The van der Waals surface area contributed by atoms with Crippen molar-refractivity contribution in [2.24, 2.45) is 0 Å². The van der Waals surface area contributed by atoms with Gasteiger partial charge in [0.25, 0.3) is 0 Å². The summed E-state index contributed by atoms with van der Waals surface area (Å²) in [7, 11) is 0. The molecule has 2 aromatic rings. The first-order valence-corrected chi connectivity index (χ1v) is 5.89. The zero-order valence-electron chi connectivity index (χ0n) is 10.3. The zero-order valence-corrected chi connectivity index (χ0v) is 11.2. The van der Waals surface area contributed by atoms with E-state index in [2.05, 4.69) is 9.97 Å². The Labute approximate surface area is 116 Å². The third-order valence-electron chi connectivity index (χ3n) is 3.68. The van der Waals surface area contributed by atoms with E-state index in [-0.39, 0.29) is 24.0 Å². The number of benzene rings is 1. The molecule has 4 nitrogen and oxygen atoms in total. The number of carbonyl (C=O) groups is 2. The summed E-state index contributed by atoms with van der Waals surface area (Å²) in [6, 6.07) is 6.98. The van der Waals surface area contributed by atoms with Crippen LogP contribution < -0.4 is 0 Å². The summed E-state index contributed by atoms with van der Waals surface area (Å²) in [6.07, 6.45) is 3.49. The number of H-pyrrole nitrogens is 1. The van der Waals surface area contributed by atoms with Crippen LogP contribution in [-0.2, 0) is 5.41 Å². The topological polar surface area (TPSA) is 62.8 Å². The second-order valence-electron chi connectivity index (χ2n) is 4.43. The highest BCUT2D eigenvalue weighted by atomic mass is 35.5. The smallest absolute Gasteiger partial charge is 0.183 e. The molecule has 0 saturated carbocycles. The molecule has 1 N–H and O–H groups in total. The first-order chi connectivity index (χ1) is 8.71. The van der Waals surface area contributed by atoms with Gasteiger partial charge in [0.1, 0.15) is 5.41 Å². The SMILES string of the molecule is CCC1(c2cnc[nH]2)C(=O)c2ccccc2C1=O.Cl. The van der Waals surface area contributed by atoms with Crippen LogP contribution >= 0.6 is 12.4 Å². The number of hydrogen-bond donors (Lipinski definition) is 1. The summed E-state index contributed by atoms with van der Waals surface area (Å²) in [5.74, 6) is -0.260. The van der Waals surface area contributed by atoms with Crippen LogP contribution in [0.15, 0.2) is 36.8 Å². The summed E-state index contributed by atoms with van der Waals surface area (Å²) in [4.78, 5) is 32.0. The molecule has 5 heteroatoms. The van der Waals surface area contributed by atoms with Gasteiger partial charge in [-0.2, -0.15) is 0 Å². The summed E-state index contributed by atoms with van der Waals surface area (Å²) in [6.45, 7) is 1.85. The molecule has 0 amide bonds. The fourth-order valence-electron chi connectivity index (χ4n) is 2.69. The summed E-state index contributed by atoms with van der Waals surface area (Å²) in [5.41, 5.74) is 0.495. The van der Waals surface area contributed by atoms with E-state index in [1.165, 1.54) is 6.33 Å². The number of Topliss-reactive ketones (excluding diaryl/α,β-unsaturated/α-hetero) is 2. The van der Waals surface area contributed by atoms with E-state index in [1.54, 1.807) is 30.5 Å². The number of nitrogens with zero attached hydrogens (tertiary/aromatic N) is 1. The van der Waals surface area contributed by atoms with Crippen molar-refractivity contribution in [1.29, 1.82) is 0 Å². The van der Waals surface area contributed by atoms with Crippen molar-refractivity contribution in [2.75, 3.05) is 0 Å². The van der Waals surface area contributed by atoms with Gasteiger partial charge in [0, 0.05) is 17.3 Å². The Kier molecular flexibility index (Phi) is 3.28. The summed E-state index contributed by atoms with van der Waals surface area (Å²) in [5, 5.41) is 0. The average molecular weight is 277 g/mol. The predicted octanol–water partition coefficient (Wildman–Crippen LogP) is 2.56. The van der Waals surface area contributed by atoms with Crippen molar-refractivity contribution in [2.45, 2.75) is 18.8 Å². The number of imidazole rings is 1. The fourth-order valence-corrected chi connectivity index (χ4v) is 2.69. The first-order valence-electron chi connectivity index (χ1n) is 5.89. The van der Waals surface area contributed by atoms with Crippen LogP contribution in [0.1, 0.15) is 39.8 Å². The minimum atomic E-state index is -1.11. The van der Waals surface area contributed by atoms with Crippen LogP contribution in [0.2, 0.25) is 0 Å². The fraction of sp³-hybridized carbons (Fsp3) is 0.214. The van der Waals surface area contributed by atoms with Gasteiger partial charge in [-0.3, -0.25) is 9.59 Å². The molecule has 0 fully saturated rings. The Bertz CT molecular complexity index is 600. The zero-order chi connectivity index (χ0) is 12.8. The minimum absolute atomic E-state index is 0. The largest absolute Gasteiger partial charge is 0.347 e. The monoisotopic (exact) mass is 276 g/mol. The van der Waals surface area contributed by atoms with Crippen LogP contribution in [0.25, 0.3) is 0 Å². The minimum Gasteiger partial charge on any atom is -0.347 e. The van der Waals surface area contributed by atoms with Gasteiger partial charge in [-0.25, -0.2) is 4.98 Å². The molecule has 0 saturated heterocycles. The van der Waals surface area contributed by atoms with Gasteiger partial charge in [0.2, 0.25) is 0 Å². The third kappa shape index (κ3) is 1.56. The van der Waals surface area contributed by atoms with Gasteiger partial charge in [-0.1, -0.05) is 31.2 Å². The molecule has 0 radical (unpaired) electrons. The maximum absolute atomic E-state index is 12.6. The number of nitrogens with one attached hydrogen (secondary N) is 1. The molecule has 0 atom stereocenters. The van der Waals surface area contributed by atoms with Crippen LogP contribution in [0.3, 0.4) is 0 Å². The molecule has 1 aromatic heterocycles. The highest BCUT2D eigenvalue weighted by Crippen LogP contribution is 2.41. The van der Waals surface area contributed by atoms with Crippen LogP contribution in [0.4, 0.5) is 0 Å².